The maximum Gasteiger partial charge on any atom is 0.407 e. The predicted octanol–water partition coefficient (Wildman–Crippen LogP) is -1.71. The van der Waals surface area contributed by atoms with Crippen molar-refractivity contribution in [3.05, 3.63) is 35.7 Å². The van der Waals surface area contributed by atoms with Gasteiger partial charge in [0.15, 0.2) is 0 Å². The Morgan fingerprint density at radius 3 is 1.54 bits per heavy atom. The van der Waals surface area contributed by atoms with Crippen molar-refractivity contribution in [2.45, 2.75) is 65.6 Å². The number of amides is 3. The van der Waals surface area contributed by atoms with Gasteiger partial charge in [-0.25, -0.2) is 18.8 Å². The smallest absolute Gasteiger partial charge is 0.407 e. The molecule has 0 aliphatic carbocycles. The molecule has 18 heteroatoms. The van der Waals surface area contributed by atoms with E-state index in [0.29, 0.717) is 17.1 Å². The molecule has 3 aromatic rings. The van der Waals surface area contributed by atoms with Gasteiger partial charge < -0.3 is 25.4 Å². The Labute approximate surface area is 222 Å². The lowest BCUT2D eigenvalue weighted by Crippen LogP contribution is -2.34. The first kappa shape index (κ1) is 28.7. The third-order valence-corrected chi connectivity index (χ3v) is 4.93. The summed E-state index contributed by atoms with van der Waals surface area (Å²) in [5.41, 5.74) is 0.856. The Morgan fingerprint density at radius 1 is 0.718 bits per heavy atom. The summed E-state index contributed by atoms with van der Waals surface area (Å²) in [7, 11) is 1.26. The lowest BCUT2D eigenvalue weighted by atomic mass is 10.2. The number of methoxy groups -OCH3 is 1. The molecule has 0 unspecified atom stereocenters. The lowest BCUT2D eigenvalue weighted by molar-refractivity contribution is -0.141. The minimum atomic E-state index is -0.641. The molecule has 0 saturated carbocycles. The number of carbonyl (C=O) groups excluding carboxylic acids is 4. The molecule has 210 valence electrons. The van der Waals surface area contributed by atoms with Crippen molar-refractivity contribution >= 4 is 23.9 Å². The van der Waals surface area contributed by atoms with E-state index < -0.39 is 17.7 Å². The van der Waals surface area contributed by atoms with Crippen LogP contribution < -0.4 is 16.0 Å². The molecule has 0 spiro atoms. The summed E-state index contributed by atoms with van der Waals surface area (Å²) < 4.78 is 13.8. The number of nitrogens with zero attached hydrogens (tertiary/aromatic N) is 9. The normalized spacial score (nSPS) is 11.1. The van der Waals surface area contributed by atoms with Gasteiger partial charge in [-0.1, -0.05) is 15.6 Å². The Kier molecular flexibility index (Phi) is 9.60. The summed E-state index contributed by atoms with van der Waals surface area (Å²) in [6, 6.07) is 0. The van der Waals surface area contributed by atoms with Crippen LogP contribution in [0.15, 0.2) is 18.6 Å². The van der Waals surface area contributed by atoms with E-state index in [9.17, 15) is 19.2 Å². The molecule has 0 saturated heterocycles. The van der Waals surface area contributed by atoms with E-state index in [-0.39, 0.29) is 51.1 Å². The highest BCUT2D eigenvalue weighted by Crippen LogP contribution is 2.07. The average molecular weight is 547 g/mol. The largest absolute Gasteiger partial charge is 0.468 e. The fourth-order valence-corrected chi connectivity index (χ4v) is 3.07. The summed E-state index contributed by atoms with van der Waals surface area (Å²) in [4.78, 5) is 48.2. The van der Waals surface area contributed by atoms with Gasteiger partial charge in [0.1, 0.15) is 25.2 Å². The molecule has 3 heterocycles. The minimum Gasteiger partial charge on any atom is -0.468 e. The number of esters is 1. The Bertz CT molecular complexity index is 1290. The molecule has 0 fully saturated rings. The van der Waals surface area contributed by atoms with Crippen LogP contribution in [0.1, 0.15) is 37.9 Å². The van der Waals surface area contributed by atoms with Crippen LogP contribution in [0.5, 0.6) is 0 Å². The number of aromatic nitrogens is 9. The van der Waals surface area contributed by atoms with Gasteiger partial charge in [0, 0.05) is 0 Å². The van der Waals surface area contributed by atoms with Gasteiger partial charge in [0.05, 0.1) is 62.4 Å². The first-order valence-electron chi connectivity index (χ1n) is 11.7. The number of hydrogen-bond acceptors (Lipinski definition) is 12. The molecule has 0 aromatic carbocycles. The fourth-order valence-electron chi connectivity index (χ4n) is 3.07. The summed E-state index contributed by atoms with van der Waals surface area (Å²) >= 11 is 0. The highest BCUT2D eigenvalue weighted by molar-refractivity contribution is 5.76. The third kappa shape index (κ3) is 9.17. The molecule has 18 nitrogen and oxygen atoms in total. The standard InChI is InChI=1S/C21H30N12O6/c1-21(2,3)39-20(37)24-7-16-10-26-29-32(16)12-18(35)22-5-14-8-25-28-31(14)11-17(34)23-6-15-9-27-30-33(15)13-19(36)38-4/h8-10H,5-7,11-13H2,1-4H3,(H,22,35)(H,23,34)(H,24,37). The number of alkyl carbamates (subject to hydrolysis) is 1. The maximum absolute atomic E-state index is 12.5. The minimum absolute atomic E-state index is 0.0507. The highest BCUT2D eigenvalue weighted by Gasteiger charge is 2.17. The van der Waals surface area contributed by atoms with Gasteiger partial charge in [-0.15, -0.1) is 15.3 Å². The van der Waals surface area contributed by atoms with E-state index in [1.807, 2.05) is 0 Å². The van der Waals surface area contributed by atoms with E-state index in [1.54, 1.807) is 20.8 Å². The van der Waals surface area contributed by atoms with Crippen LogP contribution in [0, 0.1) is 0 Å². The number of ether oxygens (including phenoxy) is 2. The van der Waals surface area contributed by atoms with E-state index >= 15 is 0 Å². The second-order valence-corrected chi connectivity index (χ2v) is 9.13. The molecule has 3 amide bonds. The number of nitrogens with one attached hydrogen (secondary N) is 3. The van der Waals surface area contributed by atoms with Crippen molar-refractivity contribution < 1.29 is 28.7 Å². The average Bonchev–Trinajstić information content (AvgIpc) is 3.61. The Morgan fingerprint density at radius 2 is 1.13 bits per heavy atom. The maximum atomic E-state index is 12.5. The van der Waals surface area contributed by atoms with Crippen molar-refractivity contribution in [2.75, 3.05) is 7.11 Å². The first-order chi connectivity index (χ1) is 18.5. The molecule has 39 heavy (non-hydrogen) atoms. The zero-order valence-electron chi connectivity index (χ0n) is 21.9. The van der Waals surface area contributed by atoms with Crippen molar-refractivity contribution in [2.24, 2.45) is 0 Å². The van der Waals surface area contributed by atoms with Crippen molar-refractivity contribution in [3.8, 4) is 0 Å². The summed E-state index contributed by atoms with van der Waals surface area (Å²) in [6.45, 7) is 5.00. The molecule has 0 aliphatic heterocycles. The van der Waals surface area contributed by atoms with E-state index in [1.165, 1.54) is 39.7 Å². The SMILES string of the molecule is COC(=O)Cn1nncc1CNC(=O)Cn1nncc1CNC(=O)Cn1nncc1CNC(=O)OC(C)(C)C. The second kappa shape index (κ2) is 13.1. The van der Waals surface area contributed by atoms with Gasteiger partial charge in [-0.05, 0) is 20.8 Å². The lowest BCUT2D eigenvalue weighted by Gasteiger charge is -2.19. The second-order valence-electron chi connectivity index (χ2n) is 9.13. The molecule has 0 radical (unpaired) electrons. The monoisotopic (exact) mass is 546 g/mol. The molecule has 3 rings (SSSR count). The first-order valence-corrected chi connectivity index (χ1v) is 11.7. The van der Waals surface area contributed by atoms with Gasteiger partial charge in [-0.3, -0.25) is 14.4 Å². The molecule has 3 aromatic heterocycles. The van der Waals surface area contributed by atoms with Crippen LogP contribution in [-0.2, 0) is 63.1 Å². The van der Waals surface area contributed by atoms with E-state index in [2.05, 4.69) is 51.6 Å². The quantitative estimate of drug-likeness (QED) is 0.217. The Hall–Kier alpha value is -4.90. The van der Waals surface area contributed by atoms with Crippen molar-refractivity contribution in [3.63, 3.8) is 0 Å². The zero-order chi connectivity index (χ0) is 28.4. The van der Waals surface area contributed by atoms with Crippen molar-refractivity contribution in [1.82, 2.24) is 60.9 Å². The summed E-state index contributed by atoms with van der Waals surface area (Å²) in [5.74, 6) is -1.27. The summed E-state index contributed by atoms with van der Waals surface area (Å²) in [6.07, 6.45) is 3.68. The molecule has 3 N–H and O–H groups in total. The zero-order valence-corrected chi connectivity index (χ0v) is 21.9. The fraction of sp³-hybridized carbons (Fsp3) is 0.524. The number of rotatable bonds is 12. The number of carbonyl (C=O) groups is 4. The summed E-state index contributed by atoms with van der Waals surface area (Å²) in [5, 5.41) is 30.9. The van der Waals surface area contributed by atoms with Crippen LogP contribution in [0.25, 0.3) is 0 Å². The van der Waals surface area contributed by atoms with E-state index in [4.69, 9.17) is 4.74 Å². The van der Waals surface area contributed by atoms with Crippen LogP contribution in [-0.4, -0.2) is 81.6 Å². The van der Waals surface area contributed by atoms with Crippen LogP contribution in [0.3, 0.4) is 0 Å². The highest BCUT2D eigenvalue weighted by atomic mass is 16.6. The third-order valence-electron chi connectivity index (χ3n) is 4.93. The van der Waals surface area contributed by atoms with Gasteiger partial charge in [-0.2, -0.15) is 0 Å². The topological polar surface area (TPSA) is 215 Å². The van der Waals surface area contributed by atoms with Crippen LogP contribution >= 0.6 is 0 Å². The van der Waals surface area contributed by atoms with Gasteiger partial charge in [0.25, 0.3) is 0 Å². The molecule has 0 aliphatic rings. The molecular weight excluding hydrogens is 516 g/mol. The van der Waals surface area contributed by atoms with Gasteiger partial charge >= 0.3 is 12.1 Å². The van der Waals surface area contributed by atoms with Crippen LogP contribution in [0.4, 0.5) is 4.79 Å². The molecular formula is C21H30N12O6. The predicted molar refractivity (Wildman–Crippen MR) is 129 cm³/mol. The van der Waals surface area contributed by atoms with E-state index in [0.717, 1.165) is 0 Å². The Balaban J connectivity index is 1.45. The molecule has 0 bridgehead atoms. The van der Waals surface area contributed by atoms with Crippen molar-refractivity contribution in [1.29, 1.82) is 0 Å². The number of hydrogen-bond donors (Lipinski definition) is 3. The van der Waals surface area contributed by atoms with Gasteiger partial charge in [0.2, 0.25) is 11.8 Å². The molecule has 0 atom stereocenters. The van der Waals surface area contributed by atoms with Crippen LogP contribution in [0.2, 0.25) is 0 Å².